The summed E-state index contributed by atoms with van der Waals surface area (Å²) in [6, 6.07) is 40.8. The third-order valence-electron chi connectivity index (χ3n) is 10.9. The number of thiophene rings is 1. The molecule has 0 N–H and O–H groups in total. The summed E-state index contributed by atoms with van der Waals surface area (Å²) in [6.45, 7) is 0. The minimum Gasteiger partial charge on any atom is -0.455 e. The van der Waals surface area contributed by atoms with E-state index in [0.717, 1.165) is 86.1 Å². The van der Waals surface area contributed by atoms with Crippen LogP contribution in [0.3, 0.4) is 0 Å². The number of hydrogen-bond donors (Lipinski definition) is 0. The maximum atomic E-state index is 6.37. The van der Waals surface area contributed by atoms with Crippen molar-refractivity contribution >= 4 is 69.9 Å². The molecule has 0 bridgehead atoms. The van der Waals surface area contributed by atoms with Gasteiger partial charge in [0.15, 0.2) is 5.82 Å². The number of hydrogen-bond acceptors (Lipinski definition) is 5. The van der Waals surface area contributed by atoms with Gasteiger partial charge in [0.2, 0.25) is 0 Å². The minimum atomic E-state index is 0.225. The highest BCUT2D eigenvalue weighted by Gasteiger charge is 2.21. The molecule has 4 nitrogen and oxygen atoms in total. The molecule has 0 aliphatic heterocycles. The molecule has 256 valence electrons. The molecule has 2 aliphatic carbocycles. The first-order valence-corrected chi connectivity index (χ1v) is 19.4. The molecule has 0 amide bonds. The van der Waals surface area contributed by atoms with Crippen molar-refractivity contribution in [1.82, 2.24) is 15.0 Å². The van der Waals surface area contributed by atoms with Gasteiger partial charge < -0.3 is 4.42 Å². The van der Waals surface area contributed by atoms with E-state index in [9.17, 15) is 0 Å². The van der Waals surface area contributed by atoms with Crippen molar-refractivity contribution in [3.05, 3.63) is 169 Å². The largest absolute Gasteiger partial charge is 0.455 e. The lowest BCUT2D eigenvalue weighted by molar-refractivity contribution is 0.670. The molecule has 0 radical (unpaired) electrons. The predicted molar refractivity (Wildman–Crippen MR) is 226 cm³/mol. The zero-order valence-corrected chi connectivity index (χ0v) is 30.2. The van der Waals surface area contributed by atoms with Crippen molar-refractivity contribution < 1.29 is 4.42 Å². The second-order valence-corrected chi connectivity index (χ2v) is 15.2. The van der Waals surface area contributed by atoms with Gasteiger partial charge >= 0.3 is 0 Å². The van der Waals surface area contributed by atoms with Crippen molar-refractivity contribution in [2.75, 3.05) is 0 Å². The zero-order chi connectivity index (χ0) is 35.6. The highest BCUT2D eigenvalue weighted by Crippen LogP contribution is 2.44. The monoisotopic (exact) mass is 711 g/mol. The maximum absolute atomic E-state index is 6.37. The molecule has 5 aromatic carbocycles. The van der Waals surface area contributed by atoms with Crippen LogP contribution in [0.25, 0.3) is 92.4 Å². The minimum absolute atomic E-state index is 0.225. The number of para-hydroxylation sites is 2. The van der Waals surface area contributed by atoms with E-state index in [1.807, 2.05) is 23.5 Å². The van der Waals surface area contributed by atoms with E-state index < -0.39 is 0 Å². The maximum Gasteiger partial charge on any atom is 0.160 e. The SMILES string of the molecule is C1=CCCC(c2cc(-c3ccc(-c4cccc5c4oc4ccccc45)cc3)nc(-c3ccc4c(c3)nc(C3C=CC=CC3)c3c5ccccc5sc43)n2)=C1. The summed E-state index contributed by atoms with van der Waals surface area (Å²) < 4.78 is 8.95. The van der Waals surface area contributed by atoms with Crippen LogP contribution in [0, 0.1) is 0 Å². The van der Waals surface area contributed by atoms with Gasteiger partial charge in [0.1, 0.15) is 11.2 Å². The number of benzene rings is 5. The predicted octanol–water partition coefficient (Wildman–Crippen LogP) is 13.6. The van der Waals surface area contributed by atoms with E-state index in [1.165, 1.54) is 31.1 Å². The first kappa shape index (κ1) is 31.1. The molecule has 4 heterocycles. The van der Waals surface area contributed by atoms with Crippen molar-refractivity contribution in [1.29, 1.82) is 0 Å². The molecule has 1 unspecified atom stereocenters. The van der Waals surface area contributed by atoms with Gasteiger partial charge in [-0.3, -0.25) is 4.98 Å². The van der Waals surface area contributed by atoms with Gasteiger partial charge in [0.05, 0.1) is 22.6 Å². The van der Waals surface area contributed by atoms with Gasteiger partial charge in [-0.05, 0) is 54.7 Å². The zero-order valence-electron chi connectivity index (χ0n) is 29.4. The van der Waals surface area contributed by atoms with E-state index in [0.29, 0.717) is 5.82 Å². The molecular formula is C49H33N3OS. The number of fused-ring (bicyclic) bond motifs is 8. The Morgan fingerprint density at radius 1 is 0.630 bits per heavy atom. The van der Waals surface area contributed by atoms with Crippen molar-refractivity contribution in [2.24, 2.45) is 0 Å². The third kappa shape index (κ3) is 5.15. The summed E-state index contributed by atoms with van der Waals surface area (Å²) in [5.74, 6) is 0.930. The third-order valence-corrected chi connectivity index (χ3v) is 12.1. The lowest BCUT2D eigenvalue weighted by Crippen LogP contribution is -2.02. The summed E-state index contributed by atoms with van der Waals surface area (Å²) in [5.41, 5.74) is 11.2. The van der Waals surface area contributed by atoms with Crippen LogP contribution in [0.4, 0.5) is 0 Å². The lowest BCUT2D eigenvalue weighted by atomic mass is 9.92. The fourth-order valence-corrected chi connectivity index (χ4v) is 9.43. The Hall–Kier alpha value is -6.43. The Morgan fingerprint density at radius 2 is 1.44 bits per heavy atom. The Morgan fingerprint density at radius 3 is 2.31 bits per heavy atom. The number of allylic oxidation sites excluding steroid dienone is 8. The van der Waals surface area contributed by atoms with Crippen molar-refractivity contribution in [2.45, 2.75) is 25.2 Å². The second-order valence-electron chi connectivity index (χ2n) is 14.2. The van der Waals surface area contributed by atoms with E-state index in [2.05, 4.69) is 146 Å². The van der Waals surface area contributed by atoms with Gasteiger partial charge in [-0.1, -0.05) is 134 Å². The molecule has 5 heteroatoms. The van der Waals surface area contributed by atoms with E-state index >= 15 is 0 Å². The standard InChI is InChI=1S/C49H33N3OS/c1-3-12-31(13-4-1)40-29-41(32-24-22-30(23-25-32)35-18-11-19-37-36-16-7-9-20-43(36)53-47(35)37)52-49(51-40)34-26-27-38-42(28-34)50-46(33-14-5-2-6-15-33)45-39-17-8-10-21-44(39)54-48(38)45/h1-3,5-12,14,16-29,33H,4,13,15H2. The lowest BCUT2D eigenvalue weighted by Gasteiger charge is -2.16. The van der Waals surface area contributed by atoms with Gasteiger partial charge in [-0.25, -0.2) is 9.97 Å². The summed E-state index contributed by atoms with van der Waals surface area (Å²) >= 11 is 1.86. The van der Waals surface area contributed by atoms with E-state index in [-0.39, 0.29) is 5.92 Å². The van der Waals surface area contributed by atoms with Crippen LogP contribution in [0.1, 0.15) is 36.6 Å². The first-order valence-electron chi connectivity index (χ1n) is 18.6. The van der Waals surface area contributed by atoms with Crippen LogP contribution in [0.15, 0.2) is 162 Å². The second kappa shape index (κ2) is 12.6. The number of rotatable bonds is 5. The van der Waals surface area contributed by atoms with Gasteiger partial charge in [0.25, 0.3) is 0 Å². The van der Waals surface area contributed by atoms with Gasteiger partial charge in [-0.2, -0.15) is 0 Å². The highest BCUT2D eigenvalue weighted by atomic mass is 32.1. The van der Waals surface area contributed by atoms with E-state index in [1.54, 1.807) is 0 Å². The Labute approximate surface area is 316 Å². The first-order chi connectivity index (χ1) is 26.7. The van der Waals surface area contributed by atoms with Crippen LogP contribution in [0.2, 0.25) is 0 Å². The molecule has 54 heavy (non-hydrogen) atoms. The molecule has 2 aliphatic rings. The molecule has 0 fully saturated rings. The molecule has 0 saturated carbocycles. The van der Waals surface area contributed by atoms with Crippen LogP contribution < -0.4 is 0 Å². The molecule has 1 atom stereocenters. The molecular weight excluding hydrogens is 679 g/mol. The molecule has 4 aromatic heterocycles. The average Bonchev–Trinajstić information content (AvgIpc) is 3.83. The topological polar surface area (TPSA) is 51.8 Å². The summed E-state index contributed by atoms with van der Waals surface area (Å²) in [7, 11) is 0. The molecule has 9 aromatic rings. The van der Waals surface area contributed by atoms with Gasteiger partial charge in [0, 0.05) is 58.9 Å². The van der Waals surface area contributed by atoms with Crippen molar-refractivity contribution in [3.8, 4) is 33.8 Å². The summed E-state index contributed by atoms with van der Waals surface area (Å²) in [5, 5.41) is 5.99. The molecule has 11 rings (SSSR count). The van der Waals surface area contributed by atoms with Crippen LogP contribution in [-0.4, -0.2) is 15.0 Å². The van der Waals surface area contributed by atoms with E-state index in [4.69, 9.17) is 19.4 Å². The van der Waals surface area contributed by atoms with Gasteiger partial charge in [-0.15, -0.1) is 11.3 Å². The number of furan rings is 1. The Kier molecular flexibility index (Phi) is 7.27. The molecule has 0 spiro atoms. The quantitative estimate of drug-likeness (QED) is 0.178. The Bertz CT molecular complexity index is 3090. The van der Waals surface area contributed by atoms with Crippen LogP contribution in [-0.2, 0) is 0 Å². The average molecular weight is 712 g/mol. The summed E-state index contributed by atoms with van der Waals surface area (Å²) in [6.07, 6.45) is 18.3. The van der Waals surface area contributed by atoms with Crippen LogP contribution in [0.5, 0.6) is 0 Å². The van der Waals surface area contributed by atoms with Crippen molar-refractivity contribution in [3.63, 3.8) is 0 Å². The fourth-order valence-electron chi connectivity index (χ4n) is 8.18. The number of pyridine rings is 1. The highest BCUT2D eigenvalue weighted by molar-refractivity contribution is 7.26. The normalized spacial score (nSPS) is 15.6. The van der Waals surface area contributed by atoms with Crippen LogP contribution >= 0.6 is 11.3 Å². The fraction of sp³-hybridized carbons (Fsp3) is 0.0816. The molecule has 0 saturated heterocycles. The number of aromatic nitrogens is 3. The number of nitrogens with zero attached hydrogens (tertiary/aromatic N) is 3. The Balaban J connectivity index is 1.04. The smallest absolute Gasteiger partial charge is 0.160 e. The summed E-state index contributed by atoms with van der Waals surface area (Å²) in [4.78, 5) is 15.9.